The molecule has 5 heteroatoms. The summed E-state index contributed by atoms with van der Waals surface area (Å²) in [5, 5.41) is 11.4. The van der Waals surface area contributed by atoms with Gasteiger partial charge in [0.15, 0.2) is 0 Å². The molecule has 2 rings (SSSR count). The fourth-order valence-electron chi connectivity index (χ4n) is 1.51. The summed E-state index contributed by atoms with van der Waals surface area (Å²) in [5.41, 5.74) is 6.29. The van der Waals surface area contributed by atoms with E-state index in [1.165, 1.54) is 6.42 Å². The molecule has 2 atom stereocenters. The molecule has 1 fully saturated rings. The van der Waals surface area contributed by atoms with Gasteiger partial charge in [0.2, 0.25) is 0 Å². The van der Waals surface area contributed by atoms with E-state index in [2.05, 4.69) is 22.6 Å². The van der Waals surface area contributed by atoms with Gasteiger partial charge >= 0.3 is 0 Å². The summed E-state index contributed by atoms with van der Waals surface area (Å²) in [4.78, 5) is 0. The lowest BCUT2D eigenvalue weighted by atomic mass is 10.4. The molecule has 1 saturated carbocycles. The van der Waals surface area contributed by atoms with Crippen LogP contribution in [0.4, 0.5) is 0 Å². The molecule has 3 N–H and O–H groups in total. The molecule has 1 aromatic heterocycles. The quantitative estimate of drug-likeness (QED) is 0.679. The van der Waals surface area contributed by atoms with Crippen molar-refractivity contribution in [1.82, 2.24) is 20.3 Å². The zero-order valence-corrected chi connectivity index (χ0v) is 8.48. The van der Waals surface area contributed by atoms with Gasteiger partial charge in [0.05, 0.1) is 12.2 Å². The van der Waals surface area contributed by atoms with Gasteiger partial charge in [-0.2, -0.15) is 0 Å². The molecule has 0 aromatic carbocycles. The highest BCUT2D eigenvalue weighted by atomic mass is 15.4. The third kappa shape index (κ3) is 2.30. The van der Waals surface area contributed by atoms with Crippen LogP contribution in [0.3, 0.4) is 0 Å². The fourth-order valence-corrected chi connectivity index (χ4v) is 1.51. The first-order valence-corrected chi connectivity index (χ1v) is 5.12. The molecule has 0 spiro atoms. The van der Waals surface area contributed by atoms with Crippen molar-refractivity contribution in [2.24, 2.45) is 11.7 Å². The molecule has 14 heavy (non-hydrogen) atoms. The van der Waals surface area contributed by atoms with Crippen LogP contribution in [-0.4, -0.2) is 27.6 Å². The van der Waals surface area contributed by atoms with E-state index in [1.807, 2.05) is 10.9 Å². The Morgan fingerprint density at radius 3 is 3.07 bits per heavy atom. The van der Waals surface area contributed by atoms with Crippen molar-refractivity contribution in [3.63, 3.8) is 0 Å². The van der Waals surface area contributed by atoms with Crippen LogP contribution in [0.2, 0.25) is 0 Å². The van der Waals surface area contributed by atoms with Gasteiger partial charge in [0.25, 0.3) is 0 Å². The second kappa shape index (κ2) is 4.06. The molecular weight excluding hydrogens is 178 g/mol. The lowest BCUT2D eigenvalue weighted by molar-refractivity contribution is 0.531. The van der Waals surface area contributed by atoms with Crippen molar-refractivity contribution >= 4 is 0 Å². The molecule has 0 aliphatic heterocycles. The second-order valence-corrected chi connectivity index (χ2v) is 3.95. The number of hydrogen-bond donors (Lipinski definition) is 2. The van der Waals surface area contributed by atoms with E-state index in [-0.39, 0.29) is 0 Å². The van der Waals surface area contributed by atoms with Gasteiger partial charge in [0, 0.05) is 25.3 Å². The molecule has 0 amide bonds. The van der Waals surface area contributed by atoms with Crippen LogP contribution < -0.4 is 11.1 Å². The Morgan fingerprint density at radius 1 is 1.71 bits per heavy atom. The Labute approximate surface area is 83.7 Å². The Balaban J connectivity index is 1.69. The Kier molecular flexibility index (Phi) is 2.79. The Hall–Kier alpha value is -0.940. The summed E-state index contributed by atoms with van der Waals surface area (Å²) < 4.78 is 1.84. The van der Waals surface area contributed by atoms with E-state index in [0.29, 0.717) is 6.54 Å². The van der Waals surface area contributed by atoms with Gasteiger partial charge in [-0.1, -0.05) is 12.1 Å². The van der Waals surface area contributed by atoms with Crippen molar-refractivity contribution in [1.29, 1.82) is 0 Å². The van der Waals surface area contributed by atoms with Gasteiger partial charge in [0.1, 0.15) is 0 Å². The zero-order valence-electron chi connectivity index (χ0n) is 8.48. The molecule has 5 nitrogen and oxygen atoms in total. The Morgan fingerprint density at radius 2 is 2.50 bits per heavy atom. The van der Waals surface area contributed by atoms with Crippen molar-refractivity contribution in [3.8, 4) is 0 Å². The summed E-state index contributed by atoms with van der Waals surface area (Å²) in [5.74, 6) is 0.852. The molecule has 1 aromatic rings. The fraction of sp³-hybridized carbons (Fsp3) is 0.778. The molecule has 2 unspecified atom stereocenters. The largest absolute Gasteiger partial charge is 0.325 e. The summed E-state index contributed by atoms with van der Waals surface area (Å²) in [6.45, 7) is 4.56. The maximum absolute atomic E-state index is 5.44. The highest BCUT2D eigenvalue weighted by molar-refractivity contribution is 4.91. The minimum atomic E-state index is 0.465. The van der Waals surface area contributed by atoms with Gasteiger partial charge in [-0.25, -0.2) is 0 Å². The zero-order chi connectivity index (χ0) is 9.97. The van der Waals surface area contributed by atoms with Crippen LogP contribution in [0.15, 0.2) is 6.20 Å². The predicted octanol–water partition coefficient (Wildman–Crippen LogP) is -0.265. The van der Waals surface area contributed by atoms with Gasteiger partial charge in [-0.15, -0.1) is 5.10 Å². The van der Waals surface area contributed by atoms with Gasteiger partial charge in [-0.3, -0.25) is 4.68 Å². The maximum Gasteiger partial charge on any atom is 0.0962 e. The molecule has 1 aliphatic carbocycles. The van der Waals surface area contributed by atoms with Crippen molar-refractivity contribution < 1.29 is 0 Å². The van der Waals surface area contributed by atoms with E-state index in [0.717, 1.165) is 30.7 Å². The van der Waals surface area contributed by atoms with E-state index < -0.39 is 0 Å². The molecule has 1 heterocycles. The monoisotopic (exact) mass is 195 g/mol. The van der Waals surface area contributed by atoms with Crippen molar-refractivity contribution in [2.45, 2.75) is 32.5 Å². The van der Waals surface area contributed by atoms with E-state index in [9.17, 15) is 0 Å². The minimum absolute atomic E-state index is 0.465. The van der Waals surface area contributed by atoms with Crippen LogP contribution in [0.1, 0.15) is 19.0 Å². The third-order valence-corrected chi connectivity index (χ3v) is 2.65. The number of rotatable bonds is 5. The summed E-state index contributed by atoms with van der Waals surface area (Å²) in [7, 11) is 0. The van der Waals surface area contributed by atoms with E-state index >= 15 is 0 Å². The highest BCUT2D eigenvalue weighted by Crippen LogP contribution is 2.28. The molecule has 0 radical (unpaired) electrons. The first-order chi connectivity index (χ1) is 6.79. The Bertz CT molecular complexity index is 295. The lowest BCUT2D eigenvalue weighted by Crippen LogP contribution is -2.23. The predicted molar refractivity (Wildman–Crippen MR) is 53.5 cm³/mol. The summed E-state index contributed by atoms with van der Waals surface area (Å²) >= 11 is 0. The molecule has 0 saturated heterocycles. The van der Waals surface area contributed by atoms with E-state index in [1.54, 1.807) is 0 Å². The van der Waals surface area contributed by atoms with Crippen LogP contribution in [-0.2, 0) is 13.1 Å². The average molecular weight is 195 g/mol. The highest BCUT2D eigenvalue weighted by Gasteiger charge is 2.31. The van der Waals surface area contributed by atoms with Crippen LogP contribution in [0.25, 0.3) is 0 Å². The first-order valence-electron chi connectivity index (χ1n) is 5.12. The molecule has 78 valence electrons. The van der Waals surface area contributed by atoms with Crippen LogP contribution in [0.5, 0.6) is 0 Å². The third-order valence-electron chi connectivity index (χ3n) is 2.65. The number of aromatic nitrogens is 3. The van der Waals surface area contributed by atoms with Crippen LogP contribution >= 0.6 is 0 Å². The maximum atomic E-state index is 5.44. The SMILES string of the molecule is CC1CC1NCCn1cc(CN)nn1. The summed E-state index contributed by atoms with van der Waals surface area (Å²) in [6, 6.07) is 0.729. The number of nitrogens with two attached hydrogens (primary N) is 1. The van der Waals surface area contributed by atoms with Crippen molar-refractivity contribution in [2.75, 3.05) is 6.54 Å². The minimum Gasteiger partial charge on any atom is -0.325 e. The standard InChI is InChI=1S/C9H17N5/c1-7-4-9(7)11-2-3-14-6-8(5-10)12-13-14/h6-7,9,11H,2-5,10H2,1H3. The molecule has 1 aliphatic rings. The van der Waals surface area contributed by atoms with E-state index in [4.69, 9.17) is 5.73 Å². The molecular formula is C9H17N5. The number of nitrogens with one attached hydrogen (secondary N) is 1. The van der Waals surface area contributed by atoms with Gasteiger partial charge in [-0.05, 0) is 12.3 Å². The second-order valence-electron chi connectivity index (χ2n) is 3.95. The number of nitrogens with zero attached hydrogens (tertiary/aromatic N) is 3. The average Bonchev–Trinajstić information content (AvgIpc) is 2.71. The number of hydrogen-bond acceptors (Lipinski definition) is 4. The normalized spacial score (nSPS) is 25.3. The van der Waals surface area contributed by atoms with Crippen LogP contribution in [0, 0.1) is 5.92 Å². The summed E-state index contributed by atoms with van der Waals surface area (Å²) in [6.07, 6.45) is 3.21. The lowest BCUT2D eigenvalue weighted by Gasteiger charge is -2.01. The van der Waals surface area contributed by atoms with Gasteiger partial charge < -0.3 is 11.1 Å². The molecule has 0 bridgehead atoms. The van der Waals surface area contributed by atoms with Crippen molar-refractivity contribution in [3.05, 3.63) is 11.9 Å². The smallest absolute Gasteiger partial charge is 0.0962 e. The topological polar surface area (TPSA) is 68.8 Å². The first kappa shape index (κ1) is 9.61.